The molecule has 216 valence electrons. The average Bonchev–Trinajstić information content (AvgIpc) is 2.92. The fraction of sp³-hybridized carbons (Fsp3) is 0.516. The Labute approximate surface area is 240 Å². The molecular weight excluding hydrogens is 522 g/mol. The summed E-state index contributed by atoms with van der Waals surface area (Å²) in [5.74, 6) is -1.00. The number of ketones is 2. The molecule has 4 aliphatic rings. The van der Waals surface area contributed by atoms with Gasteiger partial charge < -0.3 is 15.7 Å². The van der Waals surface area contributed by atoms with E-state index in [0.29, 0.717) is 28.7 Å². The molecule has 1 aromatic carbocycles. The summed E-state index contributed by atoms with van der Waals surface area (Å²) in [4.78, 5) is 56.1. The van der Waals surface area contributed by atoms with E-state index in [9.17, 15) is 29.5 Å². The number of aromatic hydroxyl groups is 1. The van der Waals surface area contributed by atoms with Crippen molar-refractivity contribution >= 4 is 23.4 Å². The fourth-order valence-corrected chi connectivity index (χ4v) is 7.30. The van der Waals surface area contributed by atoms with Gasteiger partial charge in [-0.3, -0.25) is 29.0 Å². The zero-order valence-electron chi connectivity index (χ0n) is 24.6. The predicted molar refractivity (Wildman–Crippen MR) is 151 cm³/mol. The van der Waals surface area contributed by atoms with Crippen molar-refractivity contribution in [2.75, 3.05) is 13.6 Å². The first-order chi connectivity index (χ1) is 19.3. The SMILES string of the molecule is CC(=O)N[C@@H](C)C(=O)NC[C@H]1C2=C(CC3C4c5c(cc(C)c(C)c5O)C[C@@H]([C@H](C#N)N31)N4C)C(=O)C(C)=C(C)C2=O. The van der Waals surface area contributed by atoms with Gasteiger partial charge in [-0.25, -0.2) is 0 Å². The van der Waals surface area contributed by atoms with Crippen LogP contribution in [-0.4, -0.2) is 82.1 Å². The van der Waals surface area contributed by atoms with Crippen molar-refractivity contribution < 1.29 is 24.3 Å². The maximum Gasteiger partial charge on any atom is 0.242 e. The van der Waals surface area contributed by atoms with Crippen molar-refractivity contribution in [3.05, 3.63) is 50.6 Å². The molecule has 41 heavy (non-hydrogen) atoms. The number of rotatable bonds is 4. The highest BCUT2D eigenvalue weighted by atomic mass is 16.3. The van der Waals surface area contributed by atoms with Crippen LogP contribution < -0.4 is 10.6 Å². The zero-order chi connectivity index (χ0) is 30.1. The van der Waals surface area contributed by atoms with E-state index < -0.39 is 30.1 Å². The van der Waals surface area contributed by atoms with Crippen molar-refractivity contribution in [2.24, 2.45) is 0 Å². The summed E-state index contributed by atoms with van der Waals surface area (Å²) in [5, 5.41) is 27.4. The number of nitriles is 1. The molecule has 1 saturated heterocycles. The van der Waals surface area contributed by atoms with Gasteiger partial charge >= 0.3 is 0 Å². The van der Waals surface area contributed by atoms with Gasteiger partial charge in [0.25, 0.3) is 0 Å². The van der Waals surface area contributed by atoms with Gasteiger partial charge in [0.2, 0.25) is 11.8 Å². The Morgan fingerprint density at radius 2 is 1.78 bits per heavy atom. The molecule has 10 nitrogen and oxygen atoms in total. The second-order valence-corrected chi connectivity index (χ2v) is 11.9. The van der Waals surface area contributed by atoms with Crippen LogP contribution >= 0.6 is 0 Å². The molecule has 3 heterocycles. The molecule has 2 unspecified atom stereocenters. The maximum atomic E-state index is 13.8. The van der Waals surface area contributed by atoms with Gasteiger partial charge in [-0.1, -0.05) is 6.07 Å². The van der Waals surface area contributed by atoms with Crippen LogP contribution in [0.3, 0.4) is 0 Å². The van der Waals surface area contributed by atoms with Crippen LogP contribution in [0.15, 0.2) is 28.4 Å². The second-order valence-electron chi connectivity index (χ2n) is 11.9. The van der Waals surface area contributed by atoms with Crippen LogP contribution in [0.4, 0.5) is 0 Å². The molecule has 1 aromatic rings. The van der Waals surface area contributed by atoms with Crippen LogP contribution in [0, 0.1) is 25.2 Å². The number of amides is 2. The van der Waals surface area contributed by atoms with Crippen LogP contribution in [0.2, 0.25) is 0 Å². The Morgan fingerprint density at radius 1 is 1.12 bits per heavy atom. The number of phenols is 1. The van der Waals surface area contributed by atoms with Crippen molar-refractivity contribution in [1.82, 2.24) is 20.4 Å². The number of nitrogens with one attached hydrogen (secondary N) is 2. The van der Waals surface area contributed by atoms with Crippen molar-refractivity contribution in [1.29, 1.82) is 5.26 Å². The van der Waals surface area contributed by atoms with Gasteiger partial charge in [-0.15, -0.1) is 0 Å². The third kappa shape index (κ3) is 4.30. The number of hydrogen-bond donors (Lipinski definition) is 3. The van der Waals surface area contributed by atoms with Crippen LogP contribution in [0.25, 0.3) is 0 Å². The molecule has 3 aliphatic heterocycles. The van der Waals surface area contributed by atoms with Crippen LogP contribution in [0.1, 0.15) is 62.4 Å². The first kappa shape index (κ1) is 28.7. The lowest BCUT2D eigenvalue weighted by molar-refractivity contribution is -0.128. The predicted octanol–water partition coefficient (Wildman–Crippen LogP) is 1.68. The third-order valence-electron chi connectivity index (χ3n) is 9.67. The zero-order valence-corrected chi connectivity index (χ0v) is 24.6. The topological polar surface area (TPSA) is 143 Å². The minimum absolute atomic E-state index is 0.0173. The number of likely N-dealkylation sites (N-methyl/N-ethyl adjacent to an activating group) is 1. The van der Waals surface area contributed by atoms with E-state index in [1.807, 2.05) is 25.8 Å². The number of aryl methyl sites for hydroxylation is 1. The number of hydrogen-bond acceptors (Lipinski definition) is 8. The van der Waals surface area contributed by atoms with E-state index in [1.54, 1.807) is 20.8 Å². The summed E-state index contributed by atoms with van der Waals surface area (Å²) in [5.41, 5.74) is 5.05. The lowest BCUT2D eigenvalue weighted by Gasteiger charge is -2.60. The number of fused-ring (bicyclic) bond motifs is 6. The van der Waals surface area contributed by atoms with Gasteiger partial charge in [0.1, 0.15) is 17.8 Å². The van der Waals surface area contributed by atoms with Gasteiger partial charge in [0.05, 0.1) is 18.2 Å². The molecule has 2 amide bonds. The number of carbonyl (C=O) groups excluding carboxylic acids is 4. The minimum Gasteiger partial charge on any atom is -0.507 e. The normalized spacial score (nSPS) is 28.4. The Balaban J connectivity index is 1.66. The number of nitrogens with zero attached hydrogens (tertiary/aromatic N) is 3. The first-order valence-electron chi connectivity index (χ1n) is 14.1. The van der Waals surface area contributed by atoms with Crippen molar-refractivity contribution in [3.63, 3.8) is 0 Å². The van der Waals surface area contributed by atoms with E-state index in [2.05, 4.69) is 27.7 Å². The standard InChI is InChI=1S/C31H37N5O5/c1-13-8-19-9-21-23(11-32)36-22(27(35(21)7)25(19)29(39)14(13)2)10-20-26(30(40)16(4)15(3)28(20)38)24(36)12-33-31(41)17(5)34-18(6)37/h8,17,21-24,27,39H,9-10,12H2,1-7H3,(H,33,41)(H,34,37)/t17-,21-,22?,23-,24-,27?/m0/s1. The number of Topliss-reactive ketones (excluding diaryl/α,β-unsaturated/α-hetero) is 2. The summed E-state index contributed by atoms with van der Waals surface area (Å²) in [6.07, 6.45) is 0.775. The molecule has 2 bridgehead atoms. The Hall–Kier alpha value is -3.81. The quantitative estimate of drug-likeness (QED) is 0.473. The smallest absolute Gasteiger partial charge is 0.242 e. The Bertz CT molecular complexity index is 1500. The lowest BCUT2D eigenvalue weighted by atomic mass is 9.69. The molecule has 10 heteroatoms. The highest BCUT2D eigenvalue weighted by molar-refractivity contribution is 6.25. The Morgan fingerprint density at radius 3 is 2.41 bits per heavy atom. The number of carbonyl (C=O) groups is 4. The highest BCUT2D eigenvalue weighted by Gasteiger charge is 2.57. The van der Waals surface area contributed by atoms with E-state index >= 15 is 0 Å². The summed E-state index contributed by atoms with van der Waals surface area (Å²) in [6.45, 7) is 10.0. The summed E-state index contributed by atoms with van der Waals surface area (Å²) < 4.78 is 0. The summed E-state index contributed by atoms with van der Waals surface area (Å²) in [6, 6.07) is 1.40. The largest absolute Gasteiger partial charge is 0.507 e. The maximum absolute atomic E-state index is 13.8. The molecule has 0 radical (unpaired) electrons. The number of benzene rings is 1. The number of allylic oxidation sites excluding steroid dienone is 2. The van der Waals surface area contributed by atoms with Gasteiger partial charge in [0, 0.05) is 53.4 Å². The molecular formula is C31H37N5O5. The molecule has 1 aliphatic carbocycles. The molecule has 3 N–H and O–H groups in total. The van der Waals surface area contributed by atoms with E-state index in [1.165, 1.54) is 6.92 Å². The third-order valence-corrected chi connectivity index (χ3v) is 9.67. The van der Waals surface area contributed by atoms with Crippen LogP contribution in [0.5, 0.6) is 5.75 Å². The second kappa shape index (κ2) is 10.2. The van der Waals surface area contributed by atoms with E-state index in [4.69, 9.17) is 0 Å². The number of phenolic OH excluding ortho intramolecular Hbond substituents is 1. The molecule has 5 rings (SSSR count). The average molecular weight is 560 g/mol. The highest BCUT2D eigenvalue weighted by Crippen LogP contribution is 2.52. The molecule has 0 saturated carbocycles. The van der Waals surface area contributed by atoms with Crippen molar-refractivity contribution in [2.45, 2.75) is 90.6 Å². The lowest BCUT2D eigenvalue weighted by Crippen LogP contribution is -2.71. The molecule has 0 spiro atoms. The summed E-state index contributed by atoms with van der Waals surface area (Å²) >= 11 is 0. The Kier molecular flexibility index (Phi) is 7.16. The van der Waals surface area contributed by atoms with Crippen LogP contribution in [-0.2, 0) is 25.6 Å². The minimum atomic E-state index is -0.804. The molecule has 6 atom stereocenters. The monoisotopic (exact) mass is 559 g/mol. The summed E-state index contributed by atoms with van der Waals surface area (Å²) in [7, 11) is 1.95. The van der Waals surface area contributed by atoms with Gasteiger partial charge in [-0.05, 0) is 71.2 Å². The van der Waals surface area contributed by atoms with E-state index in [0.717, 1.165) is 22.3 Å². The van der Waals surface area contributed by atoms with Gasteiger partial charge in [0.15, 0.2) is 11.6 Å². The number of piperazine rings is 1. The molecule has 0 aromatic heterocycles. The first-order valence-corrected chi connectivity index (χ1v) is 14.1. The van der Waals surface area contributed by atoms with E-state index in [-0.39, 0.29) is 48.3 Å². The molecule has 1 fully saturated rings. The fourth-order valence-electron chi connectivity index (χ4n) is 7.30. The van der Waals surface area contributed by atoms with Gasteiger partial charge in [-0.2, -0.15) is 5.26 Å². The van der Waals surface area contributed by atoms with Crippen molar-refractivity contribution in [3.8, 4) is 11.8 Å².